The molecule has 1 unspecified atom stereocenters. The standard InChI is InChI=1S/C17H24N2O2.ClH/c1-3-14-4-6-15(7-5-14)16(20)8-9-17(21)19-11-10-18-13(2)12-19;/h4-7,13,18H,3,8-12H2,1-2H3;1H. The van der Waals surface area contributed by atoms with Crippen LogP contribution in [0.3, 0.4) is 0 Å². The molecule has 1 atom stereocenters. The zero-order chi connectivity index (χ0) is 15.2. The van der Waals surface area contributed by atoms with E-state index in [2.05, 4.69) is 19.2 Å². The van der Waals surface area contributed by atoms with Crippen molar-refractivity contribution in [3.8, 4) is 0 Å². The summed E-state index contributed by atoms with van der Waals surface area (Å²) in [6.45, 7) is 6.46. The lowest BCUT2D eigenvalue weighted by Crippen LogP contribution is -2.51. The summed E-state index contributed by atoms with van der Waals surface area (Å²) in [7, 11) is 0. The third kappa shape index (κ3) is 5.11. The number of hydrogen-bond acceptors (Lipinski definition) is 3. The first-order valence-electron chi connectivity index (χ1n) is 7.73. The third-order valence-electron chi connectivity index (χ3n) is 3.97. The fourth-order valence-electron chi connectivity index (χ4n) is 2.61. The highest BCUT2D eigenvalue weighted by molar-refractivity contribution is 5.98. The van der Waals surface area contributed by atoms with Gasteiger partial charge in [-0.3, -0.25) is 9.59 Å². The number of benzene rings is 1. The van der Waals surface area contributed by atoms with Gasteiger partial charge in [0, 0.05) is 44.1 Å². The summed E-state index contributed by atoms with van der Waals surface area (Å²) >= 11 is 0. The molecule has 0 saturated carbocycles. The molecule has 0 aromatic heterocycles. The number of halogens is 1. The van der Waals surface area contributed by atoms with Crippen molar-refractivity contribution in [3.05, 3.63) is 35.4 Å². The molecule has 5 heteroatoms. The van der Waals surface area contributed by atoms with E-state index in [0.29, 0.717) is 24.4 Å². The third-order valence-corrected chi connectivity index (χ3v) is 3.97. The van der Waals surface area contributed by atoms with Gasteiger partial charge in [0.2, 0.25) is 5.91 Å². The molecule has 1 aliphatic rings. The van der Waals surface area contributed by atoms with Crippen LogP contribution in [0.2, 0.25) is 0 Å². The van der Waals surface area contributed by atoms with Gasteiger partial charge in [0.25, 0.3) is 0 Å². The molecule has 1 amide bonds. The molecule has 0 aliphatic carbocycles. The average Bonchev–Trinajstić information content (AvgIpc) is 2.52. The van der Waals surface area contributed by atoms with Crippen LogP contribution in [0.15, 0.2) is 24.3 Å². The van der Waals surface area contributed by atoms with E-state index in [-0.39, 0.29) is 24.1 Å². The summed E-state index contributed by atoms with van der Waals surface area (Å²) in [6, 6.07) is 8.01. The van der Waals surface area contributed by atoms with E-state index in [9.17, 15) is 9.59 Å². The highest BCUT2D eigenvalue weighted by Gasteiger charge is 2.20. The van der Waals surface area contributed by atoms with E-state index in [1.807, 2.05) is 29.2 Å². The second kappa shape index (κ2) is 8.91. The first-order chi connectivity index (χ1) is 10.1. The molecule has 1 N–H and O–H groups in total. The van der Waals surface area contributed by atoms with Crippen molar-refractivity contribution in [1.29, 1.82) is 0 Å². The van der Waals surface area contributed by atoms with Crippen LogP contribution in [-0.4, -0.2) is 42.3 Å². The van der Waals surface area contributed by atoms with E-state index in [1.165, 1.54) is 5.56 Å². The monoisotopic (exact) mass is 324 g/mol. The van der Waals surface area contributed by atoms with E-state index < -0.39 is 0 Å². The number of carbonyl (C=O) groups excluding carboxylic acids is 2. The molecule has 4 nitrogen and oxygen atoms in total. The number of nitrogens with one attached hydrogen (secondary N) is 1. The molecular formula is C17H25ClN2O2. The first-order valence-corrected chi connectivity index (χ1v) is 7.73. The van der Waals surface area contributed by atoms with Gasteiger partial charge in [-0.15, -0.1) is 12.4 Å². The molecule has 1 aromatic rings. The van der Waals surface area contributed by atoms with Crippen molar-refractivity contribution >= 4 is 24.1 Å². The number of Topliss-reactive ketones (excluding diaryl/α,β-unsaturated/α-hetero) is 1. The molecule has 0 bridgehead atoms. The molecule has 1 aromatic carbocycles. The predicted molar refractivity (Wildman–Crippen MR) is 90.7 cm³/mol. The van der Waals surface area contributed by atoms with E-state index in [0.717, 1.165) is 26.1 Å². The Labute approximate surface area is 138 Å². The Balaban J connectivity index is 0.00000242. The van der Waals surface area contributed by atoms with Crippen molar-refractivity contribution < 1.29 is 9.59 Å². The number of aryl methyl sites for hydroxylation is 1. The van der Waals surface area contributed by atoms with Gasteiger partial charge in [0.1, 0.15) is 0 Å². The Hall–Kier alpha value is -1.39. The number of hydrogen-bond donors (Lipinski definition) is 1. The van der Waals surface area contributed by atoms with E-state index in [1.54, 1.807) is 0 Å². The van der Waals surface area contributed by atoms with E-state index in [4.69, 9.17) is 0 Å². The summed E-state index contributed by atoms with van der Waals surface area (Å²) < 4.78 is 0. The van der Waals surface area contributed by atoms with Crippen LogP contribution in [0.1, 0.15) is 42.6 Å². The van der Waals surface area contributed by atoms with Crippen LogP contribution in [0, 0.1) is 0 Å². The highest BCUT2D eigenvalue weighted by Crippen LogP contribution is 2.10. The largest absolute Gasteiger partial charge is 0.340 e. The second-order valence-electron chi connectivity index (χ2n) is 5.67. The molecule has 122 valence electrons. The van der Waals surface area contributed by atoms with Crippen LogP contribution < -0.4 is 5.32 Å². The fraction of sp³-hybridized carbons (Fsp3) is 0.529. The molecule has 22 heavy (non-hydrogen) atoms. The van der Waals surface area contributed by atoms with Gasteiger partial charge in [-0.1, -0.05) is 31.2 Å². The molecule has 0 radical (unpaired) electrons. The lowest BCUT2D eigenvalue weighted by atomic mass is 10.0. The molecule has 0 spiro atoms. The molecule has 1 fully saturated rings. The Morgan fingerprint density at radius 1 is 1.23 bits per heavy atom. The maximum Gasteiger partial charge on any atom is 0.223 e. The summed E-state index contributed by atoms with van der Waals surface area (Å²) in [5.74, 6) is 0.135. The summed E-state index contributed by atoms with van der Waals surface area (Å²) in [5, 5.41) is 3.31. The molecule has 1 aliphatic heterocycles. The van der Waals surface area contributed by atoms with Crippen LogP contribution >= 0.6 is 12.4 Å². The molecule has 1 saturated heterocycles. The maximum absolute atomic E-state index is 12.1. The van der Waals surface area contributed by atoms with Crippen molar-refractivity contribution in [3.63, 3.8) is 0 Å². The Kier molecular flexibility index (Phi) is 7.56. The van der Waals surface area contributed by atoms with Gasteiger partial charge < -0.3 is 10.2 Å². The van der Waals surface area contributed by atoms with Gasteiger partial charge in [-0.25, -0.2) is 0 Å². The summed E-state index contributed by atoms with van der Waals surface area (Å²) in [6.07, 6.45) is 1.57. The Bertz CT molecular complexity index is 502. The Morgan fingerprint density at radius 3 is 2.50 bits per heavy atom. The van der Waals surface area contributed by atoms with Gasteiger partial charge >= 0.3 is 0 Å². The topological polar surface area (TPSA) is 49.4 Å². The van der Waals surface area contributed by atoms with Gasteiger partial charge in [0.15, 0.2) is 5.78 Å². The van der Waals surface area contributed by atoms with Gasteiger partial charge in [0.05, 0.1) is 0 Å². The zero-order valence-corrected chi connectivity index (χ0v) is 14.1. The maximum atomic E-state index is 12.1. The van der Waals surface area contributed by atoms with Crippen LogP contribution in [0.5, 0.6) is 0 Å². The number of amides is 1. The molecular weight excluding hydrogens is 300 g/mol. The van der Waals surface area contributed by atoms with Gasteiger partial charge in [-0.2, -0.15) is 0 Å². The van der Waals surface area contributed by atoms with Crippen molar-refractivity contribution in [1.82, 2.24) is 10.2 Å². The quantitative estimate of drug-likeness (QED) is 0.846. The summed E-state index contributed by atoms with van der Waals surface area (Å²) in [5.41, 5.74) is 1.92. The lowest BCUT2D eigenvalue weighted by Gasteiger charge is -2.31. The minimum absolute atomic E-state index is 0. The Morgan fingerprint density at radius 2 is 1.91 bits per heavy atom. The number of rotatable bonds is 5. The summed E-state index contributed by atoms with van der Waals surface area (Å²) in [4.78, 5) is 26.1. The molecule has 1 heterocycles. The van der Waals surface area contributed by atoms with E-state index >= 15 is 0 Å². The number of ketones is 1. The van der Waals surface area contributed by atoms with Crippen LogP contribution in [0.4, 0.5) is 0 Å². The predicted octanol–water partition coefficient (Wildman–Crippen LogP) is 2.45. The minimum atomic E-state index is 0. The second-order valence-corrected chi connectivity index (χ2v) is 5.67. The normalized spacial score (nSPS) is 17.7. The van der Waals surface area contributed by atoms with Gasteiger partial charge in [-0.05, 0) is 18.9 Å². The number of carbonyl (C=O) groups is 2. The minimum Gasteiger partial charge on any atom is -0.340 e. The number of piperazine rings is 1. The SMILES string of the molecule is CCc1ccc(C(=O)CCC(=O)N2CCNC(C)C2)cc1.Cl. The first kappa shape index (κ1) is 18.7. The highest BCUT2D eigenvalue weighted by atomic mass is 35.5. The van der Waals surface area contributed by atoms with Crippen molar-refractivity contribution in [2.75, 3.05) is 19.6 Å². The van der Waals surface area contributed by atoms with Crippen LogP contribution in [0.25, 0.3) is 0 Å². The average molecular weight is 325 g/mol. The molecule has 2 rings (SSSR count). The fourth-order valence-corrected chi connectivity index (χ4v) is 2.61. The lowest BCUT2D eigenvalue weighted by molar-refractivity contribution is -0.132. The van der Waals surface area contributed by atoms with Crippen molar-refractivity contribution in [2.45, 2.75) is 39.2 Å². The van der Waals surface area contributed by atoms with Crippen LogP contribution in [-0.2, 0) is 11.2 Å². The van der Waals surface area contributed by atoms with Crippen molar-refractivity contribution in [2.24, 2.45) is 0 Å². The number of nitrogens with zero attached hydrogens (tertiary/aromatic N) is 1. The zero-order valence-electron chi connectivity index (χ0n) is 13.3. The smallest absolute Gasteiger partial charge is 0.223 e.